The fraction of sp³-hybridized carbons (Fsp3) is 0.714. The molecule has 1 saturated heterocycles. The summed E-state index contributed by atoms with van der Waals surface area (Å²) in [5.74, 6) is 1.67. The van der Waals surface area contributed by atoms with Crippen LogP contribution in [-0.2, 0) is 4.79 Å². The van der Waals surface area contributed by atoms with Crippen LogP contribution in [-0.4, -0.2) is 55.5 Å². The number of rotatable bonds is 9. The van der Waals surface area contributed by atoms with Crippen molar-refractivity contribution in [3.8, 4) is 0 Å². The molecule has 6 nitrogen and oxygen atoms in total. The molecule has 1 unspecified atom stereocenters. The number of halogens is 1. The Kier molecular flexibility index (Phi) is 12.8. The van der Waals surface area contributed by atoms with E-state index in [0.717, 1.165) is 38.1 Å². The van der Waals surface area contributed by atoms with Crippen LogP contribution in [0.1, 0.15) is 57.9 Å². The van der Waals surface area contributed by atoms with Gasteiger partial charge in [-0.1, -0.05) is 13.0 Å². The highest BCUT2D eigenvalue weighted by molar-refractivity contribution is 14.0. The molecule has 1 aromatic rings. The fourth-order valence-corrected chi connectivity index (χ4v) is 4.27. The average Bonchev–Trinajstić information content (AvgIpc) is 3.17. The Morgan fingerprint density at radius 2 is 2.03 bits per heavy atom. The van der Waals surface area contributed by atoms with Gasteiger partial charge in [-0.15, -0.1) is 35.3 Å². The van der Waals surface area contributed by atoms with Gasteiger partial charge in [0, 0.05) is 30.4 Å². The smallest absolute Gasteiger partial charge is 0.221 e. The Hall–Kier alpha value is -0.870. The number of guanidine groups is 1. The number of nitrogens with zero attached hydrogens (tertiary/aromatic N) is 2. The number of amides is 1. The number of hydrogen-bond donors (Lipinski definition) is 3. The fourth-order valence-electron chi connectivity index (χ4n) is 3.41. The van der Waals surface area contributed by atoms with Crippen molar-refractivity contribution >= 4 is 47.2 Å². The summed E-state index contributed by atoms with van der Waals surface area (Å²) in [6, 6.07) is 4.85. The van der Waals surface area contributed by atoms with Gasteiger partial charge in [-0.3, -0.25) is 14.7 Å². The van der Waals surface area contributed by atoms with E-state index >= 15 is 0 Å². The molecule has 1 aromatic heterocycles. The molecule has 2 rings (SSSR count). The normalized spacial score (nSPS) is 16.9. The third-order valence-electron chi connectivity index (χ3n) is 4.99. The first-order chi connectivity index (χ1) is 13.5. The van der Waals surface area contributed by atoms with Gasteiger partial charge in [0.15, 0.2) is 5.96 Å². The van der Waals surface area contributed by atoms with Crippen molar-refractivity contribution in [3.63, 3.8) is 0 Å². The highest BCUT2D eigenvalue weighted by Crippen LogP contribution is 2.29. The van der Waals surface area contributed by atoms with Gasteiger partial charge in [-0.25, -0.2) is 0 Å². The summed E-state index contributed by atoms with van der Waals surface area (Å²) in [6.45, 7) is 12.7. The summed E-state index contributed by atoms with van der Waals surface area (Å²) in [6.07, 6.45) is 2.96. The zero-order valence-corrected chi connectivity index (χ0v) is 21.4. The van der Waals surface area contributed by atoms with Gasteiger partial charge in [0.25, 0.3) is 0 Å². The standard InChI is InChI=1S/C21H37N5OS.HI/c1-5-22-21(23-11-8-20(27)25-16(2)3)24-15-18(19-7-6-14-28-19)26-12-9-17(4)10-13-26;/h6-7,14,16-18H,5,8-13,15H2,1-4H3,(H,25,27)(H2,22,23,24);1H. The van der Waals surface area contributed by atoms with Crippen LogP contribution in [0, 0.1) is 5.92 Å². The van der Waals surface area contributed by atoms with Gasteiger partial charge in [0.05, 0.1) is 12.6 Å². The molecule has 166 valence electrons. The van der Waals surface area contributed by atoms with E-state index in [1.165, 1.54) is 17.7 Å². The topological polar surface area (TPSA) is 68.8 Å². The Morgan fingerprint density at radius 1 is 1.31 bits per heavy atom. The van der Waals surface area contributed by atoms with Crippen molar-refractivity contribution in [3.05, 3.63) is 22.4 Å². The van der Waals surface area contributed by atoms with Crippen LogP contribution in [0.15, 0.2) is 22.5 Å². The molecular formula is C21H38IN5OS. The van der Waals surface area contributed by atoms with Crippen molar-refractivity contribution in [2.75, 3.05) is 32.7 Å². The maximum absolute atomic E-state index is 11.8. The van der Waals surface area contributed by atoms with Gasteiger partial charge >= 0.3 is 0 Å². The third kappa shape index (κ3) is 9.65. The monoisotopic (exact) mass is 535 g/mol. The molecule has 0 radical (unpaired) electrons. The summed E-state index contributed by atoms with van der Waals surface area (Å²) < 4.78 is 0. The van der Waals surface area contributed by atoms with Crippen LogP contribution in [0.3, 0.4) is 0 Å². The lowest BCUT2D eigenvalue weighted by Gasteiger charge is -2.35. The van der Waals surface area contributed by atoms with E-state index in [4.69, 9.17) is 4.99 Å². The number of piperidine rings is 1. The summed E-state index contributed by atoms with van der Waals surface area (Å²) in [7, 11) is 0. The summed E-state index contributed by atoms with van der Waals surface area (Å²) in [4.78, 5) is 20.6. The van der Waals surface area contributed by atoms with E-state index in [1.807, 2.05) is 25.2 Å². The lowest BCUT2D eigenvalue weighted by atomic mass is 9.97. The molecule has 0 spiro atoms. The van der Waals surface area contributed by atoms with E-state index in [1.54, 1.807) is 0 Å². The van der Waals surface area contributed by atoms with Gasteiger partial charge in [-0.05, 0) is 64.1 Å². The second kappa shape index (κ2) is 14.2. The molecule has 0 bridgehead atoms. The lowest BCUT2D eigenvalue weighted by Crippen LogP contribution is -2.41. The summed E-state index contributed by atoms with van der Waals surface area (Å²) >= 11 is 1.81. The Bertz CT molecular complexity index is 600. The summed E-state index contributed by atoms with van der Waals surface area (Å²) in [5, 5.41) is 11.7. The minimum Gasteiger partial charge on any atom is -0.357 e. The number of thiophene rings is 1. The van der Waals surface area contributed by atoms with Crippen molar-refractivity contribution in [1.29, 1.82) is 0 Å². The maximum atomic E-state index is 11.8. The lowest BCUT2D eigenvalue weighted by molar-refractivity contribution is -0.121. The average molecular weight is 536 g/mol. The second-order valence-corrected chi connectivity index (χ2v) is 8.85. The molecule has 2 heterocycles. The second-order valence-electron chi connectivity index (χ2n) is 7.87. The zero-order chi connectivity index (χ0) is 20.4. The highest BCUT2D eigenvalue weighted by atomic mass is 127. The quantitative estimate of drug-likeness (QED) is 0.257. The molecule has 29 heavy (non-hydrogen) atoms. The van der Waals surface area contributed by atoms with Gasteiger partial charge in [0.1, 0.15) is 0 Å². The minimum atomic E-state index is 0. The van der Waals surface area contributed by atoms with E-state index in [2.05, 4.69) is 52.2 Å². The zero-order valence-electron chi connectivity index (χ0n) is 18.2. The first-order valence-electron chi connectivity index (χ1n) is 10.6. The SMILES string of the molecule is CCNC(=NCC(c1cccs1)N1CCC(C)CC1)NCCC(=O)NC(C)C.I. The van der Waals surface area contributed by atoms with E-state index in [-0.39, 0.29) is 35.9 Å². The predicted octanol–water partition coefficient (Wildman–Crippen LogP) is 3.61. The summed E-state index contributed by atoms with van der Waals surface area (Å²) in [5.41, 5.74) is 0. The molecule has 1 amide bonds. The molecule has 1 fully saturated rings. The molecule has 0 saturated carbocycles. The number of carbonyl (C=O) groups excluding carboxylic acids is 1. The molecule has 3 N–H and O–H groups in total. The van der Waals surface area contributed by atoms with Crippen molar-refractivity contribution in [2.45, 2.75) is 59.0 Å². The number of aliphatic imine (C=N–C) groups is 1. The third-order valence-corrected chi connectivity index (χ3v) is 5.96. The van der Waals surface area contributed by atoms with Gasteiger partial charge in [-0.2, -0.15) is 0 Å². The molecule has 8 heteroatoms. The molecule has 0 aromatic carbocycles. The predicted molar refractivity (Wildman–Crippen MR) is 134 cm³/mol. The van der Waals surface area contributed by atoms with Crippen molar-refractivity contribution < 1.29 is 4.79 Å². The Morgan fingerprint density at radius 3 is 2.62 bits per heavy atom. The molecule has 1 aliphatic heterocycles. The van der Waals surface area contributed by atoms with E-state index < -0.39 is 0 Å². The van der Waals surface area contributed by atoms with Crippen LogP contribution in [0.4, 0.5) is 0 Å². The van der Waals surface area contributed by atoms with Gasteiger partial charge < -0.3 is 16.0 Å². The van der Waals surface area contributed by atoms with Crippen LogP contribution in [0.5, 0.6) is 0 Å². The van der Waals surface area contributed by atoms with Gasteiger partial charge in [0.2, 0.25) is 5.91 Å². The molecule has 0 aliphatic carbocycles. The first kappa shape index (κ1) is 26.2. The Labute approximate surface area is 197 Å². The number of nitrogens with one attached hydrogen (secondary N) is 3. The number of hydrogen-bond acceptors (Lipinski definition) is 4. The van der Waals surface area contributed by atoms with Crippen LogP contribution < -0.4 is 16.0 Å². The van der Waals surface area contributed by atoms with Crippen LogP contribution in [0.2, 0.25) is 0 Å². The molecular weight excluding hydrogens is 497 g/mol. The maximum Gasteiger partial charge on any atom is 0.221 e. The number of carbonyl (C=O) groups is 1. The number of likely N-dealkylation sites (tertiary alicyclic amines) is 1. The minimum absolute atomic E-state index is 0. The van der Waals surface area contributed by atoms with Crippen molar-refractivity contribution in [1.82, 2.24) is 20.9 Å². The van der Waals surface area contributed by atoms with E-state index in [9.17, 15) is 4.79 Å². The van der Waals surface area contributed by atoms with Crippen LogP contribution >= 0.6 is 35.3 Å². The molecule has 1 atom stereocenters. The molecule has 1 aliphatic rings. The first-order valence-corrected chi connectivity index (χ1v) is 11.5. The van der Waals surface area contributed by atoms with Crippen LogP contribution in [0.25, 0.3) is 0 Å². The van der Waals surface area contributed by atoms with E-state index in [0.29, 0.717) is 19.0 Å². The van der Waals surface area contributed by atoms with Crippen molar-refractivity contribution in [2.24, 2.45) is 10.9 Å². The highest BCUT2D eigenvalue weighted by Gasteiger charge is 2.25. The largest absolute Gasteiger partial charge is 0.357 e. The Balaban J connectivity index is 0.00000420.